The lowest BCUT2D eigenvalue weighted by Crippen LogP contribution is -2.32. The first-order chi connectivity index (χ1) is 13.9. The Balaban J connectivity index is 1.77. The van der Waals surface area contributed by atoms with Crippen molar-refractivity contribution in [2.45, 2.75) is 37.9 Å². The number of rotatable bonds is 6. The van der Waals surface area contributed by atoms with Crippen LogP contribution in [0.25, 0.3) is 0 Å². The molecule has 0 amide bonds. The second-order valence-corrected chi connectivity index (χ2v) is 8.26. The van der Waals surface area contributed by atoms with E-state index in [9.17, 15) is 4.79 Å². The third kappa shape index (κ3) is 5.32. The minimum atomic E-state index is -0.407. The van der Waals surface area contributed by atoms with E-state index in [4.69, 9.17) is 4.74 Å². The van der Waals surface area contributed by atoms with Gasteiger partial charge in [0.05, 0.1) is 6.21 Å². The van der Waals surface area contributed by atoms with E-state index in [1.807, 2.05) is 81.6 Å². The number of benzene rings is 2. The molecule has 7 heteroatoms. The van der Waals surface area contributed by atoms with Crippen molar-refractivity contribution in [3.8, 4) is 5.75 Å². The summed E-state index contributed by atoms with van der Waals surface area (Å²) in [6.07, 6.45) is 3.47. The molecule has 0 radical (unpaired) electrons. The van der Waals surface area contributed by atoms with Crippen LogP contribution in [0.15, 0.2) is 69.6 Å². The third-order valence-electron chi connectivity index (χ3n) is 4.16. The number of nitrogens with zero attached hydrogens (tertiary/aromatic N) is 4. The lowest BCUT2D eigenvalue weighted by atomic mass is 9.93. The monoisotopic (exact) mass is 408 g/mol. The van der Waals surface area contributed by atoms with Crippen LogP contribution < -0.4 is 10.3 Å². The van der Waals surface area contributed by atoms with Gasteiger partial charge in [0.25, 0.3) is 5.56 Å². The number of hydrogen-bond donors (Lipinski definition) is 0. The molecule has 0 saturated heterocycles. The van der Waals surface area contributed by atoms with Crippen LogP contribution in [-0.4, -0.2) is 27.3 Å². The topological polar surface area (TPSA) is 69.4 Å². The zero-order valence-electron chi connectivity index (χ0n) is 17.0. The number of aromatic nitrogens is 3. The summed E-state index contributed by atoms with van der Waals surface area (Å²) in [6, 6.07) is 17.6. The Hall–Kier alpha value is -2.93. The molecule has 0 fully saturated rings. The molecular weight excluding hydrogens is 384 g/mol. The van der Waals surface area contributed by atoms with Crippen molar-refractivity contribution >= 4 is 18.0 Å². The second-order valence-electron chi connectivity index (χ2n) is 7.49. The SMILES string of the molecule is CSc1nnc(C(C)(C)C)c(=O)n1N=Cc1ccc(OCc2ccccc2)cc1. The van der Waals surface area contributed by atoms with Gasteiger partial charge in [0.1, 0.15) is 18.1 Å². The molecule has 1 heterocycles. The minimum absolute atomic E-state index is 0.254. The van der Waals surface area contributed by atoms with Gasteiger partial charge in [-0.1, -0.05) is 62.9 Å². The summed E-state index contributed by atoms with van der Waals surface area (Å²) in [4.78, 5) is 12.8. The maximum absolute atomic E-state index is 12.8. The highest BCUT2D eigenvalue weighted by atomic mass is 32.2. The molecule has 3 aromatic rings. The number of hydrogen-bond acceptors (Lipinski definition) is 6. The van der Waals surface area contributed by atoms with Crippen molar-refractivity contribution in [3.05, 3.63) is 81.8 Å². The summed E-state index contributed by atoms with van der Waals surface area (Å²) in [5.74, 6) is 0.772. The van der Waals surface area contributed by atoms with Gasteiger partial charge >= 0.3 is 0 Å². The average Bonchev–Trinajstić information content (AvgIpc) is 2.71. The van der Waals surface area contributed by atoms with E-state index in [0.717, 1.165) is 16.9 Å². The van der Waals surface area contributed by atoms with E-state index in [1.165, 1.54) is 16.4 Å². The smallest absolute Gasteiger partial charge is 0.297 e. The van der Waals surface area contributed by atoms with Gasteiger partial charge in [-0.2, -0.15) is 9.78 Å². The van der Waals surface area contributed by atoms with Crippen LogP contribution in [0.3, 0.4) is 0 Å². The highest BCUT2D eigenvalue weighted by Gasteiger charge is 2.23. The molecule has 150 valence electrons. The van der Waals surface area contributed by atoms with Gasteiger partial charge < -0.3 is 4.74 Å². The molecule has 2 aromatic carbocycles. The van der Waals surface area contributed by atoms with E-state index in [2.05, 4.69) is 15.3 Å². The Morgan fingerprint density at radius 1 is 1.07 bits per heavy atom. The Bertz CT molecular complexity index is 1040. The summed E-state index contributed by atoms with van der Waals surface area (Å²) in [5.41, 5.74) is 1.69. The maximum Gasteiger partial charge on any atom is 0.297 e. The standard InChI is InChI=1S/C22H24N4O2S/c1-22(2,3)19-20(27)26(21(29-4)25-24-19)23-14-16-10-12-18(13-11-16)28-15-17-8-6-5-7-9-17/h5-14H,15H2,1-4H3. The van der Waals surface area contributed by atoms with Gasteiger partial charge in [0, 0.05) is 5.41 Å². The van der Waals surface area contributed by atoms with Gasteiger partial charge in [0.15, 0.2) is 0 Å². The van der Waals surface area contributed by atoms with E-state index in [-0.39, 0.29) is 5.56 Å². The van der Waals surface area contributed by atoms with E-state index in [0.29, 0.717) is 17.5 Å². The van der Waals surface area contributed by atoms with Gasteiger partial charge in [-0.3, -0.25) is 4.79 Å². The number of ether oxygens (including phenoxy) is 1. The minimum Gasteiger partial charge on any atom is -0.489 e. The number of thioether (sulfide) groups is 1. The molecule has 0 bridgehead atoms. The van der Waals surface area contributed by atoms with Crippen molar-refractivity contribution in [1.82, 2.24) is 14.9 Å². The zero-order valence-corrected chi connectivity index (χ0v) is 17.8. The van der Waals surface area contributed by atoms with E-state index >= 15 is 0 Å². The predicted octanol–water partition coefficient (Wildman–Crippen LogP) is 4.12. The largest absolute Gasteiger partial charge is 0.489 e. The fraction of sp³-hybridized carbons (Fsp3) is 0.273. The lowest BCUT2D eigenvalue weighted by Gasteiger charge is -2.16. The predicted molar refractivity (Wildman–Crippen MR) is 117 cm³/mol. The van der Waals surface area contributed by atoms with Gasteiger partial charge in [-0.25, -0.2) is 0 Å². The Morgan fingerprint density at radius 3 is 2.38 bits per heavy atom. The van der Waals surface area contributed by atoms with Crippen LogP contribution >= 0.6 is 11.8 Å². The van der Waals surface area contributed by atoms with E-state index < -0.39 is 5.41 Å². The maximum atomic E-state index is 12.8. The molecule has 0 N–H and O–H groups in total. The fourth-order valence-corrected chi connectivity index (χ4v) is 3.01. The van der Waals surface area contributed by atoms with Crippen molar-refractivity contribution < 1.29 is 4.74 Å². The van der Waals surface area contributed by atoms with Crippen LogP contribution in [0.2, 0.25) is 0 Å². The Kier molecular flexibility index (Phi) is 6.49. The lowest BCUT2D eigenvalue weighted by molar-refractivity contribution is 0.306. The highest BCUT2D eigenvalue weighted by molar-refractivity contribution is 7.98. The zero-order chi connectivity index (χ0) is 20.9. The average molecular weight is 409 g/mol. The van der Waals surface area contributed by atoms with Crippen molar-refractivity contribution in [3.63, 3.8) is 0 Å². The molecule has 0 aliphatic rings. The first-order valence-corrected chi connectivity index (χ1v) is 10.5. The second kappa shape index (κ2) is 9.05. The molecular formula is C22H24N4O2S. The third-order valence-corrected chi connectivity index (χ3v) is 4.78. The first-order valence-electron chi connectivity index (χ1n) is 9.24. The molecule has 6 nitrogen and oxygen atoms in total. The summed E-state index contributed by atoms with van der Waals surface area (Å²) in [6.45, 7) is 6.30. The van der Waals surface area contributed by atoms with Crippen molar-refractivity contribution in [1.29, 1.82) is 0 Å². The molecule has 0 aliphatic carbocycles. The van der Waals surface area contributed by atoms with Crippen LogP contribution in [0.4, 0.5) is 0 Å². The van der Waals surface area contributed by atoms with Crippen LogP contribution in [0.5, 0.6) is 5.75 Å². The molecule has 0 saturated carbocycles. The van der Waals surface area contributed by atoms with Crippen molar-refractivity contribution in [2.75, 3.05) is 6.26 Å². The van der Waals surface area contributed by atoms with E-state index in [1.54, 1.807) is 6.21 Å². The summed E-state index contributed by atoms with van der Waals surface area (Å²) in [7, 11) is 0. The summed E-state index contributed by atoms with van der Waals surface area (Å²) in [5, 5.41) is 13.1. The van der Waals surface area contributed by atoms with Crippen molar-refractivity contribution in [2.24, 2.45) is 5.10 Å². The summed E-state index contributed by atoms with van der Waals surface area (Å²) < 4.78 is 7.10. The van der Waals surface area contributed by atoms with Crippen LogP contribution in [-0.2, 0) is 12.0 Å². The molecule has 3 rings (SSSR count). The van der Waals surface area contributed by atoms with Gasteiger partial charge in [-0.15, -0.1) is 10.2 Å². The molecule has 0 atom stereocenters. The quantitative estimate of drug-likeness (QED) is 0.453. The Labute approximate surface area is 174 Å². The fourth-order valence-electron chi connectivity index (χ4n) is 2.58. The molecule has 29 heavy (non-hydrogen) atoms. The molecule has 1 aromatic heterocycles. The summed E-state index contributed by atoms with van der Waals surface area (Å²) >= 11 is 1.33. The molecule has 0 spiro atoms. The molecule has 0 unspecified atom stereocenters. The Morgan fingerprint density at radius 2 is 1.76 bits per heavy atom. The molecule has 0 aliphatic heterocycles. The highest BCUT2D eigenvalue weighted by Crippen LogP contribution is 2.18. The van der Waals surface area contributed by atoms with Gasteiger partial charge in [-0.05, 0) is 41.6 Å². The van der Waals surface area contributed by atoms with Crippen LogP contribution in [0.1, 0.15) is 37.6 Å². The normalized spacial score (nSPS) is 11.7. The first kappa shape index (κ1) is 20.8. The van der Waals surface area contributed by atoms with Gasteiger partial charge in [0.2, 0.25) is 5.16 Å². The van der Waals surface area contributed by atoms with Crippen LogP contribution in [0, 0.1) is 0 Å².